The van der Waals surface area contributed by atoms with Crippen molar-refractivity contribution in [1.82, 2.24) is 9.88 Å². The minimum Gasteiger partial charge on any atom is -0.375 e. The lowest BCUT2D eigenvalue weighted by Gasteiger charge is -2.17. The molecule has 0 atom stereocenters. The maximum Gasteiger partial charge on any atom is 0.180 e. The summed E-state index contributed by atoms with van der Waals surface area (Å²) in [6, 6.07) is 10.8. The van der Waals surface area contributed by atoms with Crippen molar-refractivity contribution < 1.29 is 0 Å². The van der Waals surface area contributed by atoms with Crippen LogP contribution in [0.3, 0.4) is 0 Å². The molecule has 3 heterocycles. The molecule has 1 aromatic carbocycles. The maximum absolute atomic E-state index is 5.80. The lowest BCUT2D eigenvalue weighted by molar-refractivity contribution is 0.318. The van der Waals surface area contributed by atoms with Crippen molar-refractivity contribution >= 4 is 44.0 Å². The van der Waals surface area contributed by atoms with E-state index in [0.717, 1.165) is 32.5 Å². The lowest BCUT2D eigenvalue weighted by atomic mass is 10.2. The van der Waals surface area contributed by atoms with Crippen molar-refractivity contribution in [2.75, 3.05) is 25.4 Å². The van der Waals surface area contributed by atoms with Gasteiger partial charge < -0.3 is 5.73 Å². The number of rotatable bonds is 3. The quantitative estimate of drug-likeness (QED) is 0.781. The molecule has 2 N–H and O–H groups in total. The normalized spacial score (nSPS) is 16.0. The Kier molecular flexibility index (Phi) is 4.16. The van der Waals surface area contributed by atoms with Crippen LogP contribution in [0.4, 0.5) is 5.13 Å². The molecule has 0 aliphatic carbocycles. The summed E-state index contributed by atoms with van der Waals surface area (Å²) in [4.78, 5) is 9.65. The summed E-state index contributed by atoms with van der Waals surface area (Å²) in [5.41, 5.74) is 7.02. The fourth-order valence-corrected chi connectivity index (χ4v) is 4.88. The van der Waals surface area contributed by atoms with E-state index in [1.54, 1.807) is 11.3 Å². The molecule has 0 amide bonds. The summed E-state index contributed by atoms with van der Waals surface area (Å²) in [6.45, 7) is 3.15. The third-order valence-electron chi connectivity index (χ3n) is 4.21. The van der Waals surface area contributed by atoms with Crippen LogP contribution < -0.4 is 5.73 Å². The van der Waals surface area contributed by atoms with Gasteiger partial charge in [0.05, 0.1) is 5.69 Å². The summed E-state index contributed by atoms with van der Waals surface area (Å²) >= 11 is 3.51. The molecular formula is C18H19N3S2. The van der Waals surface area contributed by atoms with E-state index < -0.39 is 0 Å². The third kappa shape index (κ3) is 3.32. The Hall–Kier alpha value is -1.69. The van der Waals surface area contributed by atoms with Crippen LogP contribution in [0.5, 0.6) is 0 Å². The second-order valence-electron chi connectivity index (χ2n) is 5.81. The van der Waals surface area contributed by atoms with Crippen molar-refractivity contribution in [3.05, 3.63) is 51.9 Å². The first kappa shape index (κ1) is 14.9. The Balaban J connectivity index is 1.38. The van der Waals surface area contributed by atoms with Crippen molar-refractivity contribution in [2.45, 2.75) is 12.8 Å². The van der Waals surface area contributed by atoms with Crippen molar-refractivity contribution in [3.8, 4) is 0 Å². The van der Waals surface area contributed by atoms with E-state index in [9.17, 15) is 0 Å². The highest BCUT2D eigenvalue weighted by Gasteiger charge is 2.16. The van der Waals surface area contributed by atoms with Crippen LogP contribution in [0.2, 0.25) is 0 Å². The van der Waals surface area contributed by atoms with Gasteiger partial charge in [0.1, 0.15) is 0 Å². The Morgan fingerprint density at radius 2 is 2.04 bits per heavy atom. The first-order valence-electron chi connectivity index (χ1n) is 7.89. The predicted octanol–water partition coefficient (Wildman–Crippen LogP) is 4.05. The van der Waals surface area contributed by atoms with Gasteiger partial charge in [-0.05, 0) is 30.0 Å². The van der Waals surface area contributed by atoms with Crippen molar-refractivity contribution in [3.63, 3.8) is 0 Å². The first-order valence-corrected chi connectivity index (χ1v) is 9.53. The number of nitrogens with two attached hydrogens (primary N) is 1. The molecular weight excluding hydrogens is 322 g/mol. The molecule has 3 nitrogen and oxygen atoms in total. The molecule has 0 saturated heterocycles. The number of hydrogen-bond acceptors (Lipinski definition) is 5. The maximum atomic E-state index is 5.80. The van der Waals surface area contributed by atoms with Crippen molar-refractivity contribution in [2.24, 2.45) is 0 Å². The van der Waals surface area contributed by atoms with Gasteiger partial charge in [-0.1, -0.05) is 24.3 Å². The van der Waals surface area contributed by atoms with E-state index >= 15 is 0 Å². The summed E-state index contributed by atoms with van der Waals surface area (Å²) in [5, 5.41) is 2.05. The average molecular weight is 342 g/mol. The van der Waals surface area contributed by atoms with Crippen LogP contribution in [-0.2, 0) is 12.8 Å². The van der Waals surface area contributed by atoms with E-state index in [4.69, 9.17) is 5.73 Å². The summed E-state index contributed by atoms with van der Waals surface area (Å²) < 4.78 is 1.36. The molecule has 0 radical (unpaired) electrons. The molecule has 1 aliphatic rings. The Bertz CT molecular complexity index is 788. The number of anilines is 1. The molecule has 3 aromatic rings. The monoisotopic (exact) mass is 341 g/mol. The van der Waals surface area contributed by atoms with Gasteiger partial charge in [-0.15, -0.1) is 22.7 Å². The highest BCUT2D eigenvalue weighted by Crippen LogP contribution is 2.26. The van der Waals surface area contributed by atoms with Crippen LogP contribution >= 0.6 is 22.7 Å². The first-order chi connectivity index (χ1) is 11.3. The van der Waals surface area contributed by atoms with Gasteiger partial charge in [0.15, 0.2) is 5.13 Å². The van der Waals surface area contributed by atoms with E-state index in [2.05, 4.69) is 52.4 Å². The fraction of sp³-hybridized carbons (Fsp3) is 0.278. The number of thiazole rings is 1. The second-order valence-corrected chi connectivity index (χ2v) is 8.04. The molecule has 0 saturated carbocycles. The van der Waals surface area contributed by atoms with E-state index in [1.165, 1.54) is 25.5 Å². The molecule has 1 aliphatic heterocycles. The summed E-state index contributed by atoms with van der Waals surface area (Å²) in [6.07, 6.45) is 6.62. The SMILES string of the molecule is Nc1nc2c(s1)CCN(CC=Cc1cc3ccccc3s1)CC2. The van der Waals surface area contributed by atoms with Gasteiger partial charge in [0.2, 0.25) is 0 Å². The van der Waals surface area contributed by atoms with Crippen LogP contribution in [0.15, 0.2) is 36.4 Å². The fourth-order valence-electron chi connectivity index (χ4n) is 3.01. The molecule has 2 aromatic heterocycles. The van der Waals surface area contributed by atoms with E-state index in [1.807, 2.05) is 11.3 Å². The number of thiophene rings is 1. The number of aromatic nitrogens is 1. The minimum atomic E-state index is 0.716. The second kappa shape index (κ2) is 6.43. The molecule has 5 heteroatoms. The molecule has 0 unspecified atom stereocenters. The van der Waals surface area contributed by atoms with Gasteiger partial charge in [-0.2, -0.15) is 0 Å². The third-order valence-corrected chi connectivity index (χ3v) is 6.27. The predicted molar refractivity (Wildman–Crippen MR) is 101 cm³/mol. The molecule has 118 valence electrons. The number of nitrogens with zero attached hydrogens (tertiary/aromatic N) is 2. The Labute approximate surface area is 144 Å². The lowest BCUT2D eigenvalue weighted by Crippen LogP contribution is -2.26. The molecule has 0 bridgehead atoms. The van der Waals surface area contributed by atoms with Crippen LogP contribution in [-0.4, -0.2) is 29.5 Å². The largest absolute Gasteiger partial charge is 0.375 e. The molecule has 0 spiro atoms. The number of hydrogen-bond donors (Lipinski definition) is 1. The van der Waals surface area contributed by atoms with Gasteiger partial charge >= 0.3 is 0 Å². The van der Waals surface area contributed by atoms with E-state index in [0.29, 0.717) is 5.13 Å². The van der Waals surface area contributed by atoms with Gasteiger partial charge in [0.25, 0.3) is 0 Å². The zero-order valence-corrected chi connectivity index (χ0v) is 14.5. The number of fused-ring (bicyclic) bond motifs is 2. The summed E-state index contributed by atoms with van der Waals surface area (Å²) in [5.74, 6) is 0. The Morgan fingerprint density at radius 3 is 2.96 bits per heavy atom. The van der Waals surface area contributed by atoms with Crippen LogP contribution in [0, 0.1) is 0 Å². The van der Waals surface area contributed by atoms with E-state index in [-0.39, 0.29) is 0 Å². The zero-order chi connectivity index (χ0) is 15.6. The zero-order valence-electron chi connectivity index (χ0n) is 12.9. The minimum absolute atomic E-state index is 0.716. The smallest absolute Gasteiger partial charge is 0.180 e. The van der Waals surface area contributed by atoms with Gasteiger partial charge in [-0.25, -0.2) is 4.98 Å². The molecule has 4 rings (SSSR count). The molecule has 0 fully saturated rings. The van der Waals surface area contributed by atoms with Crippen LogP contribution in [0.25, 0.3) is 16.2 Å². The average Bonchev–Trinajstić information content (AvgIpc) is 3.07. The van der Waals surface area contributed by atoms with Crippen LogP contribution in [0.1, 0.15) is 15.4 Å². The number of benzene rings is 1. The van der Waals surface area contributed by atoms with Gasteiger partial charge in [0, 0.05) is 40.5 Å². The highest BCUT2D eigenvalue weighted by atomic mass is 32.1. The number of nitrogen functional groups attached to an aromatic ring is 1. The standard InChI is InChI=1S/C18H19N3S2/c19-18-20-15-7-10-21(11-8-17(15)23-18)9-3-5-14-12-13-4-1-2-6-16(13)22-14/h1-6,12H,7-11H2,(H2,19,20). The molecule has 23 heavy (non-hydrogen) atoms. The van der Waals surface area contributed by atoms with Crippen molar-refractivity contribution in [1.29, 1.82) is 0 Å². The summed E-state index contributed by atoms with van der Waals surface area (Å²) in [7, 11) is 0. The topological polar surface area (TPSA) is 42.1 Å². The highest BCUT2D eigenvalue weighted by molar-refractivity contribution is 7.19. The Morgan fingerprint density at radius 1 is 1.17 bits per heavy atom. The van der Waals surface area contributed by atoms with Gasteiger partial charge in [-0.3, -0.25) is 4.90 Å².